The zero-order valence-corrected chi connectivity index (χ0v) is 10.1. The standard InChI is InChI=1S/C8H12IN3O2/c1-4(2)7-6(9)8(10)12(11-7)3-5(13)14/h4H,3,10H2,1-2H3,(H,13,14). The molecule has 0 unspecified atom stereocenters. The number of carboxylic acids is 1. The second-order valence-corrected chi connectivity index (χ2v) is 4.37. The van der Waals surface area contributed by atoms with E-state index in [0.717, 1.165) is 9.26 Å². The lowest BCUT2D eigenvalue weighted by molar-refractivity contribution is -0.137. The molecule has 0 saturated carbocycles. The van der Waals surface area contributed by atoms with E-state index in [1.165, 1.54) is 4.68 Å². The van der Waals surface area contributed by atoms with Crippen LogP contribution in [-0.2, 0) is 11.3 Å². The molecule has 78 valence electrons. The summed E-state index contributed by atoms with van der Waals surface area (Å²) in [4.78, 5) is 10.5. The number of halogens is 1. The van der Waals surface area contributed by atoms with E-state index in [1.54, 1.807) is 0 Å². The van der Waals surface area contributed by atoms with E-state index in [-0.39, 0.29) is 12.5 Å². The van der Waals surface area contributed by atoms with Crippen LogP contribution in [0.4, 0.5) is 5.82 Å². The predicted molar refractivity (Wildman–Crippen MR) is 61.1 cm³/mol. The van der Waals surface area contributed by atoms with Crippen molar-refractivity contribution >= 4 is 34.4 Å². The minimum Gasteiger partial charge on any atom is -0.480 e. The molecular formula is C8H12IN3O2. The van der Waals surface area contributed by atoms with Crippen LogP contribution in [0.15, 0.2) is 0 Å². The molecular weight excluding hydrogens is 297 g/mol. The highest BCUT2D eigenvalue weighted by molar-refractivity contribution is 14.1. The van der Waals surface area contributed by atoms with Crippen molar-refractivity contribution in [3.05, 3.63) is 9.26 Å². The molecule has 0 aliphatic rings. The fourth-order valence-corrected chi connectivity index (χ4v) is 2.10. The molecule has 0 amide bonds. The number of carbonyl (C=O) groups is 1. The van der Waals surface area contributed by atoms with E-state index < -0.39 is 5.97 Å². The van der Waals surface area contributed by atoms with Crippen LogP contribution in [0.5, 0.6) is 0 Å². The van der Waals surface area contributed by atoms with Crippen LogP contribution in [0.2, 0.25) is 0 Å². The Kier molecular flexibility index (Phi) is 3.35. The largest absolute Gasteiger partial charge is 0.480 e. The van der Waals surface area contributed by atoms with Gasteiger partial charge >= 0.3 is 5.97 Å². The van der Waals surface area contributed by atoms with Crippen molar-refractivity contribution in [2.45, 2.75) is 26.3 Å². The number of nitrogen functional groups attached to an aromatic ring is 1. The Morgan fingerprint density at radius 3 is 2.64 bits per heavy atom. The number of nitrogens with two attached hydrogens (primary N) is 1. The van der Waals surface area contributed by atoms with Crippen molar-refractivity contribution in [2.75, 3.05) is 5.73 Å². The summed E-state index contributed by atoms with van der Waals surface area (Å²) in [5.74, 6) is -0.262. The van der Waals surface area contributed by atoms with Gasteiger partial charge in [-0.2, -0.15) is 5.10 Å². The van der Waals surface area contributed by atoms with Gasteiger partial charge < -0.3 is 10.8 Å². The Bertz CT molecular complexity index is 360. The Hall–Kier alpha value is -0.790. The molecule has 1 heterocycles. The minimum atomic E-state index is -0.939. The topological polar surface area (TPSA) is 81.1 Å². The van der Waals surface area contributed by atoms with Crippen LogP contribution in [0, 0.1) is 3.57 Å². The smallest absolute Gasteiger partial charge is 0.325 e. The monoisotopic (exact) mass is 309 g/mol. The summed E-state index contributed by atoms with van der Waals surface area (Å²) in [5.41, 5.74) is 6.57. The lowest BCUT2D eigenvalue weighted by Crippen LogP contribution is -2.12. The van der Waals surface area contributed by atoms with Gasteiger partial charge in [-0.3, -0.25) is 4.79 Å². The number of hydrogen-bond donors (Lipinski definition) is 2. The fourth-order valence-electron chi connectivity index (χ4n) is 1.09. The summed E-state index contributed by atoms with van der Waals surface area (Å²) < 4.78 is 2.17. The first-order chi connectivity index (χ1) is 6.43. The summed E-state index contributed by atoms with van der Waals surface area (Å²) in [6, 6.07) is 0. The van der Waals surface area contributed by atoms with Gasteiger partial charge in [-0.1, -0.05) is 13.8 Å². The Balaban J connectivity index is 3.08. The Morgan fingerprint density at radius 1 is 1.71 bits per heavy atom. The van der Waals surface area contributed by atoms with Gasteiger partial charge in [0.15, 0.2) is 0 Å². The average Bonchev–Trinajstić information content (AvgIpc) is 2.32. The van der Waals surface area contributed by atoms with Crippen molar-refractivity contribution in [2.24, 2.45) is 0 Å². The summed E-state index contributed by atoms with van der Waals surface area (Å²) in [7, 11) is 0. The van der Waals surface area contributed by atoms with Gasteiger partial charge in [0.1, 0.15) is 12.4 Å². The summed E-state index contributed by atoms with van der Waals surface area (Å²) in [6.07, 6.45) is 0. The molecule has 1 aromatic heterocycles. The molecule has 0 radical (unpaired) electrons. The van der Waals surface area contributed by atoms with Gasteiger partial charge in [0, 0.05) is 0 Å². The van der Waals surface area contributed by atoms with Gasteiger partial charge in [-0.15, -0.1) is 0 Å². The van der Waals surface area contributed by atoms with Gasteiger partial charge in [0.05, 0.1) is 9.26 Å². The summed E-state index contributed by atoms with van der Waals surface area (Å²) >= 11 is 2.09. The molecule has 3 N–H and O–H groups in total. The quantitative estimate of drug-likeness (QED) is 0.824. The third-order valence-electron chi connectivity index (χ3n) is 1.79. The number of nitrogens with zero attached hydrogens (tertiary/aromatic N) is 2. The van der Waals surface area contributed by atoms with E-state index in [4.69, 9.17) is 10.8 Å². The van der Waals surface area contributed by atoms with Gasteiger partial charge in [-0.05, 0) is 28.5 Å². The van der Waals surface area contributed by atoms with Crippen molar-refractivity contribution in [1.29, 1.82) is 0 Å². The second kappa shape index (κ2) is 4.16. The normalized spacial score (nSPS) is 10.9. The average molecular weight is 309 g/mol. The molecule has 0 aliphatic carbocycles. The van der Waals surface area contributed by atoms with Crippen LogP contribution < -0.4 is 5.73 Å². The lowest BCUT2D eigenvalue weighted by Gasteiger charge is -1.99. The van der Waals surface area contributed by atoms with Crippen LogP contribution in [0.1, 0.15) is 25.5 Å². The fraction of sp³-hybridized carbons (Fsp3) is 0.500. The number of aromatic nitrogens is 2. The van der Waals surface area contributed by atoms with E-state index in [2.05, 4.69) is 27.7 Å². The zero-order valence-electron chi connectivity index (χ0n) is 7.99. The van der Waals surface area contributed by atoms with Gasteiger partial charge in [0.25, 0.3) is 0 Å². The van der Waals surface area contributed by atoms with Crippen LogP contribution >= 0.6 is 22.6 Å². The van der Waals surface area contributed by atoms with Crippen molar-refractivity contribution < 1.29 is 9.90 Å². The molecule has 1 rings (SSSR count). The van der Waals surface area contributed by atoms with Gasteiger partial charge in [-0.25, -0.2) is 4.68 Å². The molecule has 14 heavy (non-hydrogen) atoms. The summed E-state index contributed by atoms with van der Waals surface area (Å²) in [6.45, 7) is 3.80. The van der Waals surface area contributed by atoms with Crippen molar-refractivity contribution in [1.82, 2.24) is 9.78 Å². The highest BCUT2D eigenvalue weighted by Crippen LogP contribution is 2.25. The molecule has 0 spiro atoms. The molecule has 0 fully saturated rings. The van der Waals surface area contributed by atoms with Crippen LogP contribution in [-0.4, -0.2) is 20.9 Å². The molecule has 0 saturated heterocycles. The van der Waals surface area contributed by atoms with E-state index in [1.807, 2.05) is 13.8 Å². The molecule has 0 aromatic carbocycles. The zero-order chi connectivity index (χ0) is 10.9. The van der Waals surface area contributed by atoms with E-state index >= 15 is 0 Å². The molecule has 0 bridgehead atoms. The second-order valence-electron chi connectivity index (χ2n) is 3.29. The SMILES string of the molecule is CC(C)c1nn(CC(=O)O)c(N)c1I. The number of hydrogen-bond acceptors (Lipinski definition) is 3. The third-order valence-corrected chi connectivity index (χ3v) is 2.89. The lowest BCUT2D eigenvalue weighted by atomic mass is 10.1. The Morgan fingerprint density at radius 2 is 2.29 bits per heavy atom. The van der Waals surface area contributed by atoms with Crippen molar-refractivity contribution in [3.63, 3.8) is 0 Å². The maximum Gasteiger partial charge on any atom is 0.325 e. The number of rotatable bonds is 3. The highest BCUT2D eigenvalue weighted by Gasteiger charge is 2.16. The first-order valence-corrected chi connectivity index (χ1v) is 5.24. The maximum absolute atomic E-state index is 10.5. The van der Waals surface area contributed by atoms with E-state index in [0.29, 0.717) is 5.82 Å². The first-order valence-electron chi connectivity index (χ1n) is 4.17. The van der Waals surface area contributed by atoms with Gasteiger partial charge in [0.2, 0.25) is 0 Å². The molecule has 6 heteroatoms. The number of carboxylic acid groups (broad SMARTS) is 1. The van der Waals surface area contributed by atoms with Crippen LogP contribution in [0.3, 0.4) is 0 Å². The molecule has 0 aliphatic heterocycles. The first kappa shape index (κ1) is 11.3. The molecule has 0 atom stereocenters. The predicted octanol–water partition coefficient (Wildman–Crippen LogP) is 1.28. The summed E-state index contributed by atoms with van der Waals surface area (Å²) in [5, 5.41) is 12.8. The number of anilines is 1. The molecule has 1 aromatic rings. The van der Waals surface area contributed by atoms with Crippen molar-refractivity contribution in [3.8, 4) is 0 Å². The maximum atomic E-state index is 10.5. The van der Waals surface area contributed by atoms with Crippen LogP contribution in [0.25, 0.3) is 0 Å². The number of aliphatic carboxylic acids is 1. The highest BCUT2D eigenvalue weighted by atomic mass is 127. The Labute approximate surface area is 95.4 Å². The van der Waals surface area contributed by atoms with E-state index in [9.17, 15) is 4.79 Å². The third kappa shape index (κ3) is 2.17. The minimum absolute atomic E-state index is 0.186. The molecule has 5 nitrogen and oxygen atoms in total.